The highest BCUT2D eigenvalue weighted by Gasteiger charge is 2.28. The van der Waals surface area contributed by atoms with Crippen molar-refractivity contribution in [2.75, 3.05) is 25.6 Å². The molecule has 0 aromatic heterocycles. The molecular weight excluding hydrogens is 226 g/mol. The minimum absolute atomic E-state index is 0.0873. The molecule has 0 bridgehead atoms. The maximum atomic E-state index is 12.1. The molecule has 1 atom stereocenters. The van der Waals surface area contributed by atoms with Crippen LogP contribution in [-0.2, 0) is 9.53 Å². The normalized spacial score (nSPS) is 27.3. The molecule has 0 radical (unpaired) electrons. The van der Waals surface area contributed by atoms with Crippen molar-refractivity contribution in [3.63, 3.8) is 0 Å². The van der Waals surface area contributed by atoms with Crippen molar-refractivity contribution < 1.29 is 9.53 Å². The Bertz CT molecular complexity index is 241. The Hall–Kier alpha value is -0.280. The second-order valence-electron chi connectivity index (χ2n) is 4.82. The van der Waals surface area contributed by atoms with E-state index in [4.69, 9.17) is 16.3 Å². The molecule has 3 nitrogen and oxygen atoms in total. The summed E-state index contributed by atoms with van der Waals surface area (Å²) < 4.78 is 5.35. The lowest BCUT2D eigenvalue weighted by Crippen LogP contribution is -2.50. The summed E-state index contributed by atoms with van der Waals surface area (Å²) in [7, 11) is 0. The maximum absolute atomic E-state index is 12.1. The van der Waals surface area contributed by atoms with E-state index in [-0.39, 0.29) is 11.9 Å². The largest absolute Gasteiger partial charge is 0.377 e. The predicted octanol–water partition coefficient (Wildman–Crippen LogP) is 2.03. The molecule has 1 saturated heterocycles. The first-order valence-corrected chi connectivity index (χ1v) is 6.78. The lowest BCUT2D eigenvalue weighted by Gasteiger charge is -2.35. The molecule has 0 spiro atoms. The van der Waals surface area contributed by atoms with E-state index < -0.39 is 0 Å². The second-order valence-corrected chi connectivity index (χ2v) is 5.13. The van der Waals surface area contributed by atoms with Crippen molar-refractivity contribution in [2.45, 2.75) is 38.1 Å². The summed E-state index contributed by atoms with van der Waals surface area (Å²) in [6, 6.07) is 0.0873. The number of alkyl halides is 1. The van der Waals surface area contributed by atoms with Crippen molar-refractivity contribution in [3.05, 3.63) is 0 Å². The van der Waals surface area contributed by atoms with Gasteiger partial charge < -0.3 is 9.64 Å². The Balaban J connectivity index is 1.86. The summed E-state index contributed by atoms with van der Waals surface area (Å²) in [5, 5.41) is 0. The van der Waals surface area contributed by atoms with Gasteiger partial charge in [0.1, 0.15) is 0 Å². The first-order chi connectivity index (χ1) is 7.81. The molecule has 1 unspecified atom stereocenters. The van der Waals surface area contributed by atoms with Gasteiger partial charge in [-0.05, 0) is 18.8 Å². The van der Waals surface area contributed by atoms with Gasteiger partial charge >= 0.3 is 0 Å². The van der Waals surface area contributed by atoms with Crippen molar-refractivity contribution in [1.82, 2.24) is 4.90 Å². The molecule has 0 aromatic carbocycles. The summed E-state index contributed by atoms with van der Waals surface area (Å²) in [6.07, 6.45) is 5.75. The molecule has 0 N–H and O–H groups in total. The van der Waals surface area contributed by atoms with E-state index in [1.54, 1.807) is 0 Å². The molecule has 1 heterocycles. The average molecular weight is 246 g/mol. The Kier molecular flexibility index (Phi) is 4.47. The van der Waals surface area contributed by atoms with Gasteiger partial charge in [-0.3, -0.25) is 4.79 Å². The number of hydrogen-bond donors (Lipinski definition) is 0. The fraction of sp³-hybridized carbons (Fsp3) is 0.917. The van der Waals surface area contributed by atoms with E-state index in [0.717, 1.165) is 0 Å². The standard InChI is InChI=1S/C12H20ClNO2/c13-8-11-9-16-6-5-14(11)12(15)7-10-3-1-2-4-10/h10-11H,1-9H2. The third-order valence-electron chi connectivity index (χ3n) is 3.66. The van der Waals surface area contributed by atoms with Gasteiger partial charge in [-0.2, -0.15) is 0 Å². The van der Waals surface area contributed by atoms with Gasteiger partial charge in [-0.15, -0.1) is 11.6 Å². The quantitative estimate of drug-likeness (QED) is 0.712. The van der Waals surface area contributed by atoms with E-state index >= 15 is 0 Å². The number of nitrogens with zero attached hydrogens (tertiary/aromatic N) is 1. The Labute approximate surface area is 102 Å². The van der Waals surface area contributed by atoms with Crippen LogP contribution < -0.4 is 0 Å². The van der Waals surface area contributed by atoms with Crippen LogP contribution in [0.4, 0.5) is 0 Å². The minimum Gasteiger partial charge on any atom is -0.377 e. The summed E-state index contributed by atoms with van der Waals surface area (Å²) in [6.45, 7) is 1.96. The number of morpholine rings is 1. The van der Waals surface area contributed by atoms with Gasteiger partial charge in [0.05, 0.1) is 19.3 Å². The third-order valence-corrected chi connectivity index (χ3v) is 4.02. The van der Waals surface area contributed by atoms with Gasteiger partial charge in [-0.25, -0.2) is 0 Å². The Morgan fingerprint density at radius 2 is 2.12 bits per heavy atom. The average Bonchev–Trinajstić information content (AvgIpc) is 2.81. The zero-order valence-electron chi connectivity index (χ0n) is 9.66. The number of amides is 1. The van der Waals surface area contributed by atoms with Crippen molar-refractivity contribution in [2.24, 2.45) is 5.92 Å². The Morgan fingerprint density at radius 1 is 1.38 bits per heavy atom. The summed E-state index contributed by atoms with van der Waals surface area (Å²) in [5.41, 5.74) is 0. The zero-order valence-corrected chi connectivity index (χ0v) is 10.4. The topological polar surface area (TPSA) is 29.5 Å². The van der Waals surface area contributed by atoms with Crippen molar-refractivity contribution in [1.29, 1.82) is 0 Å². The van der Waals surface area contributed by atoms with E-state index in [0.29, 0.717) is 38.0 Å². The predicted molar refractivity (Wildman–Crippen MR) is 63.6 cm³/mol. The van der Waals surface area contributed by atoms with Gasteiger partial charge in [0, 0.05) is 18.8 Å². The molecule has 2 rings (SSSR count). The summed E-state index contributed by atoms with van der Waals surface area (Å²) in [5.74, 6) is 1.38. The van der Waals surface area contributed by atoms with Crippen LogP contribution in [0.15, 0.2) is 0 Å². The molecule has 0 aromatic rings. The van der Waals surface area contributed by atoms with Crippen molar-refractivity contribution >= 4 is 17.5 Å². The molecule has 1 aliphatic heterocycles. The smallest absolute Gasteiger partial charge is 0.223 e. The molecule has 1 aliphatic carbocycles. The molecule has 1 amide bonds. The number of halogens is 1. The Morgan fingerprint density at radius 3 is 2.81 bits per heavy atom. The molecule has 4 heteroatoms. The lowest BCUT2D eigenvalue weighted by atomic mass is 10.0. The number of rotatable bonds is 3. The number of carbonyl (C=O) groups is 1. The number of ether oxygens (including phenoxy) is 1. The van der Waals surface area contributed by atoms with E-state index in [1.807, 2.05) is 4.90 Å². The van der Waals surface area contributed by atoms with E-state index in [1.165, 1.54) is 25.7 Å². The monoisotopic (exact) mass is 245 g/mol. The zero-order chi connectivity index (χ0) is 11.4. The highest BCUT2D eigenvalue weighted by Crippen LogP contribution is 2.28. The molecule has 1 saturated carbocycles. The first kappa shape index (κ1) is 12.2. The minimum atomic E-state index is 0.0873. The molecular formula is C12H20ClNO2. The first-order valence-electron chi connectivity index (χ1n) is 6.24. The molecule has 2 fully saturated rings. The van der Waals surface area contributed by atoms with Gasteiger partial charge in [-0.1, -0.05) is 12.8 Å². The van der Waals surface area contributed by atoms with Crippen LogP contribution in [0.5, 0.6) is 0 Å². The van der Waals surface area contributed by atoms with Gasteiger partial charge in [0.15, 0.2) is 0 Å². The second kappa shape index (κ2) is 5.87. The summed E-state index contributed by atoms with van der Waals surface area (Å²) >= 11 is 5.86. The third kappa shape index (κ3) is 2.89. The highest BCUT2D eigenvalue weighted by atomic mass is 35.5. The maximum Gasteiger partial charge on any atom is 0.223 e. The SMILES string of the molecule is O=C(CC1CCCC1)N1CCOCC1CCl. The van der Waals surface area contributed by atoms with Crippen LogP contribution in [0.2, 0.25) is 0 Å². The van der Waals surface area contributed by atoms with Crippen LogP contribution in [0.25, 0.3) is 0 Å². The lowest BCUT2D eigenvalue weighted by molar-refractivity contribution is -0.139. The highest BCUT2D eigenvalue weighted by molar-refractivity contribution is 6.18. The van der Waals surface area contributed by atoms with Crippen LogP contribution in [-0.4, -0.2) is 42.5 Å². The van der Waals surface area contributed by atoms with E-state index in [2.05, 4.69) is 0 Å². The number of carbonyl (C=O) groups excluding carboxylic acids is 1. The fourth-order valence-electron chi connectivity index (χ4n) is 2.69. The van der Waals surface area contributed by atoms with Crippen LogP contribution >= 0.6 is 11.6 Å². The van der Waals surface area contributed by atoms with Gasteiger partial charge in [0.2, 0.25) is 5.91 Å². The molecule has 92 valence electrons. The number of hydrogen-bond acceptors (Lipinski definition) is 2. The molecule has 2 aliphatic rings. The van der Waals surface area contributed by atoms with Crippen LogP contribution in [0, 0.1) is 5.92 Å². The summed E-state index contributed by atoms with van der Waals surface area (Å²) in [4.78, 5) is 14.1. The van der Waals surface area contributed by atoms with Gasteiger partial charge in [0.25, 0.3) is 0 Å². The fourth-order valence-corrected chi connectivity index (χ4v) is 2.95. The van der Waals surface area contributed by atoms with Crippen LogP contribution in [0.1, 0.15) is 32.1 Å². The van der Waals surface area contributed by atoms with Crippen molar-refractivity contribution in [3.8, 4) is 0 Å². The van der Waals surface area contributed by atoms with E-state index in [9.17, 15) is 4.79 Å². The molecule has 16 heavy (non-hydrogen) atoms. The van der Waals surface area contributed by atoms with Crippen LogP contribution in [0.3, 0.4) is 0 Å².